The van der Waals surface area contributed by atoms with Gasteiger partial charge < -0.3 is 15.4 Å². The lowest BCUT2D eigenvalue weighted by Crippen LogP contribution is -2.41. The number of nitrogens with zero attached hydrogens (tertiary/aromatic N) is 1. The van der Waals surface area contributed by atoms with E-state index in [1.54, 1.807) is 13.8 Å². The molecule has 1 fully saturated rings. The molecular formula is C18H25N3O6S. The molecule has 1 aliphatic rings. The van der Waals surface area contributed by atoms with Crippen molar-refractivity contribution in [1.82, 2.24) is 14.9 Å². The second kappa shape index (κ2) is 9.65. The SMILES string of the molecule is CC(C)NC(=O)CNC(=O)COC(=O)c1ccc(S(=O)(=O)N2CCCC2)cc1. The molecule has 2 rings (SSSR count). The molecule has 0 spiro atoms. The van der Waals surface area contributed by atoms with E-state index >= 15 is 0 Å². The Bertz CT molecular complexity index is 814. The van der Waals surface area contributed by atoms with Gasteiger partial charge in [-0.05, 0) is 51.0 Å². The maximum atomic E-state index is 12.4. The Morgan fingerprint density at radius 2 is 1.68 bits per heavy atom. The predicted octanol–water partition coefficient (Wildman–Crippen LogP) is 0.269. The molecule has 0 saturated carbocycles. The van der Waals surface area contributed by atoms with E-state index < -0.39 is 28.5 Å². The van der Waals surface area contributed by atoms with Crippen molar-refractivity contribution >= 4 is 27.8 Å². The normalized spacial score (nSPS) is 14.7. The average Bonchev–Trinajstić information content (AvgIpc) is 3.19. The van der Waals surface area contributed by atoms with Gasteiger partial charge in [-0.1, -0.05) is 0 Å². The first-order valence-corrected chi connectivity index (χ1v) is 10.5. The van der Waals surface area contributed by atoms with Crippen LogP contribution in [0.3, 0.4) is 0 Å². The molecule has 154 valence electrons. The van der Waals surface area contributed by atoms with Crippen LogP contribution in [-0.4, -0.2) is 62.8 Å². The number of benzene rings is 1. The van der Waals surface area contributed by atoms with Gasteiger partial charge >= 0.3 is 5.97 Å². The highest BCUT2D eigenvalue weighted by atomic mass is 32.2. The Hall–Kier alpha value is -2.46. The van der Waals surface area contributed by atoms with Gasteiger partial charge in [-0.15, -0.1) is 0 Å². The van der Waals surface area contributed by atoms with Crippen LogP contribution in [0.15, 0.2) is 29.2 Å². The first kappa shape index (κ1) is 21.8. The van der Waals surface area contributed by atoms with Crippen molar-refractivity contribution in [3.05, 3.63) is 29.8 Å². The quantitative estimate of drug-likeness (QED) is 0.592. The zero-order valence-electron chi connectivity index (χ0n) is 15.9. The molecule has 1 heterocycles. The Balaban J connectivity index is 1.84. The molecule has 2 amide bonds. The third-order valence-corrected chi connectivity index (χ3v) is 5.94. The van der Waals surface area contributed by atoms with Crippen LogP contribution in [0.2, 0.25) is 0 Å². The minimum Gasteiger partial charge on any atom is -0.452 e. The number of sulfonamides is 1. The maximum Gasteiger partial charge on any atom is 0.338 e. The fourth-order valence-electron chi connectivity index (χ4n) is 2.66. The number of nitrogens with one attached hydrogen (secondary N) is 2. The van der Waals surface area contributed by atoms with Crippen molar-refractivity contribution in [3.8, 4) is 0 Å². The minimum absolute atomic E-state index is 0.0421. The van der Waals surface area contributed by atoms with Gasteiger partial charge in [0.1, 0.15) is 0 Å². The number of ether oxygens (including phenoxy) is 1. The van der Waals surface area contributed by atoms with Gasteiger partial charge in [0.15, 0.2) is 6.61 Å². The highest BCUT2D eigenvalue weighted by Crippen LogP contribution is 2.21. The highest BCUT2D eigenvalue weighted by Gasteiger charge is 2.27. The first-order chi connectivity index (χ1) is 13.2. The molecule has 1 aromatic rings. The van der Waals surface area contributed by atoms with E-state index in [0.717, 1.165) is 12.8 Å². The number of rotatable bonds is 8. The molecule has 9 nitrogen and oxygen atoms in total. The number of carbonyl (C=O) groups is 3. The summed E-state index contributed by atoms with van der Waals surface area (Å²) in [7, 11) is -3.55. The number of esters is 1. The topological polar surface area (TPSA) is 122 Å². The molecule has 10 heteroatoms. The van der Waals surface area contributed by atoms with Gasteiger partial charge in [0.2, 0.25) is 15.9 Å². The Labute approximate surface area is 164 Å². The maximum absolute atomic E-state index is 12.4. The Morgan fingerprint density at radius 3 is 2.25 bits per heavy atom. The Morgan fingerprint density at radius 1 is 1.07 bits per heavy atom. The molecule has 1 saturated heterocycles. The van der Waals surface area contributed by atoms with Crippen molar-refractivity contribution in [1.29, 1.82) is 0 Å². The molecule has 0 aromatic heterocycles. The lowest BCUT2D eigenvalue weighted by molar-refractivity contribution is -0.128. The largest absolute Gasteiger partial charge is 0.452 e. The summed E-state index contributed by atoms with van der Waals surface area (Å²) in [6.07, 6.45) is 1.68. The molecule has 0 aliphatic carbocycles. The molecule has 1 aliphatic heterocycles. The molecule has 0 atom stereocenters. The van der Waals surface area contributed by atoms with E-state index in [0.29, 0.717) is 13.1 Å². The summed E-state index contributed by atoms with van der Waals surface area (Å²) >= 11 is 0. The fourth-order valence-corrected chi connectivity index (χ4v) is 4.17. The van der Waals surface area contributed by atoms with Crippen LogP contribution in [0, 0.1) is 0 Å². The number of amides is 2. The minimum atomic E-state index is -3.55. The summed E-state index contributed by atoms with van der Waals surface area (Å²) in [4.78, 5) is 35.2. The van der Waals surface area contributed by atoms with E-state index in [1.165, 1.54) is 28.6 Å². The predicted molar refractivity (Wildman–Crippen MR) is 101 cm³/mol. The van der Waals surface area contributed by atoms with Crippen molar-refractivity contribution in [3.63, 3.8) is 0 Å². The van der Waals surface area contributed by atoms with Gasteiger partial charge in [0.25, 0.3) is 5.91 Å². The third kappa shape index (κ3) is 6.03. The van der Waals surface area contributed by atoms with E-state index in [1.807, 2.05) is 0 Å². The van der Waals surface area contributed by atoms with Crippen LogP contribution in [0.4, 0.5) is 0 Å². The van der Waals surface area contributed by atoms with Crippen LogP contribution in [0.1, 0.15) is 37.0 Å². The summed E-state index contributed by atoms with van der Waals surface area (Å²) in [5.41, 5.74) is 0.130. The van der Waals surface area contributed by atoms with Gasteiger partial charge in [0, 0.05) is 19.1 Å². The van der Waals surface area contributed by atoms with Crippen LogP contribution in [-0.2, 0) is 24.3 Å². The summed E-state index contributed by atoms with van der Waals surface area (Å²) in [5, 5.41) is 4.95. The molecular weight excluding hydrogens is 386 g/mol. The molecule has 0 bridgehead atoms. The second-order valence-corrected chi connectivity index (χ2v) is 8.65. The van der Waals surface area contributed by atoms with Gasteiger partial charge in [-0.25, -0.2) is 13.2 Å². The summed E-state index contributed by atoms with van der Waals surface area (Å²) < 4.78 is 31.2. The third-order valence-electron chi connectivity index (χ3n) is 4.02. The lowest BCUT2D eigenvalue weighted by atomic mass is 10.2. The van der Waals surface area contributed by atoms with Gasteiger partial charge in [-0.3, -0.25) is 9.59 Å². The molecule has 0 unspecified atom stereocenters. The number of hydrogen-bond donors (Lipinski definition) is 2. The number of hydrogen-bond acceptors (Lipinski definition) is 6. The Kier molecular flexibility index (Phi) is 7.53. The van der Waals surface area contributed by atoms with Crippen LogP contribution >= 0.6 is 0 Å². The van der Waals surface area contributed by atoms with E-state index in [4.69, 9.17) is 4.74 Å². The lowest BCUT2D eigenvalue weighted by Gasteiger charge is -2.15. The van der Waals surface area contributed by atoms with Crippen LogP contribution in [0.25, 0.3) is 0 Å². The smallest absolute Gasteiger partial charge is 0.338 e. The zero-order chi connectivity index (χ0) is 20.7. The zero-order valence-corrected chi connectivity index (χ0v) is 16.8. The summed E-state index contributed by atoms with van der Waals surface area (Å²) in [5.74, 6) is -1.71. The molecule has 2 N–H and O–H groups in total. The second-order valence-electron chi connectivity index (χ2n) is 6.71. The first-order valence-electron chi connectivity index (χ1n) is 9.03. The van der Waals surface area contributed by atoms with Crippen molar-refractivity contribution in [2.75, 3.05) is 26.2 Å². The van der Waals surface area contributed by atoms with Crippen molar-refractivity contribution in [2.24, 2.45) is 0 Å². The number of carbonyl (C=O) groups excluding carboxylic acids is 3. The van der Waals surface area contributed by atoms with Crippen LogP contribution < -0.4 is 10.6 Å². The molecule has 28 heavy (non-hydrogen) atoms. The average molecular weight is 411 g/mol. The molecule has 1 aromatic carbocycles. The molecule has 0 radical (unpaired) electrons. The van der Waals surface area contributed by atoms with Crippen molar-refractivity contribution in [2.45, 2.75) is 37.6 Å². The van der Waals surface area contributed by atoms with E-state index in [2.05, 4.69) is 10.6 Å². The summed E-state index contributed by atoms with van der Waals surface area (Å²) in [6.45, 7) is 3.83. The highest BCUT2D eigenvalue weighted by molar-refractivity contribution is 7.89. The van der Waals surface area contributed by atoms with E-state index in [-0.39, 0.29) is 29.0 Å². The van der Waals surface area contributed by atoms with Gasteiger partial charge in [0.05, 0.1) is 17.0 Å². The van der Waals surface area contributed by atoms with E-state index in [9.17, 15) is 22.8 Å². The standard InChI is InChI=1S/C18H25N3O6S/c1-13(2)20-16(22)11-19-17(23)12-27-18(24)14-5-7-15(8-6-14)28(25,26)21-9-3-4-10-21/h5-8,13H,3-4,9-12H2,1-2H3,(H,19,23)(H,20,22). The van der Waals surface area contributed by atoms with Crippen LogP contribution in [0.5, 0.6) is 0 Å². The fraction of sp³-hybridized carbons (Fsp3) is 0.500. The summed E-state index contributed by atoms with van der Waals surface area (Å²) in [6, 6.07) is 5.35. The monoisotopic (exact) mass is 411 g/mol. The van der Waals surface area contributed by atoms with Gasteiger partial charge in [-0.2, -0.15) is 4.31 Å². The van der Waals surface area contributed by atoms with Crippen molar-refractivity contribution < 1.29 is 27.5 Å².